The Labute approximate surface area is 126 Å². The van der Waals surface area contributed by atoms with Gasteiger partial charge in [0.1, 0.15) is 5.75 Å². The number of nitrogens with one attached hydrogen (secondary N) is 1. The van der Waals surface area contributed by atoms with Gasteiger partial charge < -0.3 is 14.8 Å². The van der Waals surface area contributed by atoms with E-state index in [4.69, 9.17) is 9.84 Å². The molecule has 0 spiro atoms. The number of H-pyrrole nitrogens is 1. The number of aromatic nitrogens is 1. The van der Waals surface area contributed by atoms with Crippen LogP contribution in [0.3, 0.4) is 0 Å². The first kappa shape index (κ1) is 13.9. The topological polar surface area (TPSA) is 79.4 Å². The summed E-state index contributed by atoms with van der Waals surface area (Å²) in [7, 11) is 0. The third-order valence-electron chi connectivity index (χ3n) is 3.34. The third-order valence-corrected chi connectivity index (χ3v) is 3.34. The molecule has 0 atom stereocenters. The van der Waals surface area contributed by atoms with Crippen molar-refractivity contribution in [1.82, 2.24) is 4.98 Å². The number of ether oxygens (including phenoxy) is 1. The van der Waals surface area contributed by atoms with E-state index in [9.17, 15) is 9.59 Å². The van der Waals surface area contributed by atoms with Gasteiger partial charge in [-0.1, -0.05) is 24.3 Å². The summed E-state index contributed by atoms with van der Waals surface area (Å²) in [4.78, 5) is 26.2. The number of Topliss-reactive ketones (excluding diaryl/α,β-unsaturated/α-hetero) is 1. The molecule has 0 bridgehead atoms. The number of rotatable bonds is 5. The molecule has 0 saturated carbocycles. The first-order valence-electron chi connectivity index (χ1n) is 6.70. The Balaban J connectivity index is 1.75. The van der Waals surface area contributed by atoms with Crippen LogP contribution < -0.4 is 4.74 Å². The van der Waals surface area contributed by atoms with Crippen molar-refractivity contribution in [2.75, 3.05) is 6.61 Å². The smallest absolute Gasteiger partial charge is 0.335 e. The molecule has 1 aromatic heterocycles. The van der Waals surface area contributed by atoms with Crippen LogP contribution in [-0.2, 0) is 0 Å². The summed E-state index contributed by atoms with van der Waals surface area (Å²) in [6.07, 6.45) is 1.66. The highest BCUT2D eigenvalue weighted by Crippen LogP contribution is 2.19. The number of carboxylic acid groups (broad SMARTS) is 1. The highest BCUT2D eigenvalue weighted by Gasteiger charge is 2.13. The van der Waals surface area contributed by atoms with Gasteiger partial charge in [-0.3, -0.25) is 4.79 Å². The molecule has 5 nitrogen and oxygen atoms in total. The SMILES string of the molecule is O=C(O)c1cccc(OCC(=O)c2c[nH]c3ccccc23)c1. The summed E-state index contributed by atoms with van der Waals surface area (Å²) >= 11 is 0. The van der Waals surface area contributed by atoms with Crippen molar-refractivity contribution in [3.05, 3.63) is 65.9 Å². The monoisotopic (exact) mass is 295 g/mol. The molecule has 0 aliphatic carbocycles. The minimum atomic E-state index is -1.03. The Hall–Kier alpha value is -3.08. The lowest BCUT2D eigenvalue weighted by atomic mass is 10.1. The van der Waals surface area contributed by atoms with Crippen molar-refractivity contribution in [3.8, 4) is 5.75 Å². The van der Waals surface area contributed by atoms with Gasteiger partial charge in [0.15, 0.2) is 6.61 Å². The van der Waals surface area contributed by atoms with Crippen molar-refractivity contribution in [1.29, 1.82) is 0 Å². The fraction of sp³-hybridized carbons (Fsp3) is 0.0588. The van der Waals surface area contributed by atoms with E-state index in [0.29, 0.717) is 11.3 Å². The van der Waals surface area contributed by atoms with Gasteiger partial charge in [-0.25, -0.2) is 4.79 Å². The molecule has 3 rings (SSSR count). The van der Waals surface area contributed by atoms with Crippen LogP contribution in [-0.4, -0.2) is 28.4 Å². The molecule has 0 unspecified atom stereocenters. The van der Waals surface area contributed by atoms with E-state index in [0.717, 1.165) is 10.9 Å². The fourth-order valence-electron chi connectivity index (χ4n) is 2.25. The molecule has 2 N–H and O–H groups in total. The van der Waals surface area contributed by atoms with Crippen molar-refractivity contribution >= 4 is 22.7 Å². The van der Waals surface area contributed by atoms with Crippen LogP contribution in [0.5, 0.6) is 5.75 Å². The van der Waals surface area contributed by atoms with Crippen LogP contribution >= 0.6 is 0 Å². The van der Waals surface area contributed by atoms with E-state index < -0.39 is 5.97 Å². The van der Waals surface area contributed by atoms with E-state index in [1.807, 2.05) is 24.3 Å². The molecule has 110 valence electrons. The predicted molar refractivity (Wildman–Crippen MR) is 81.5 cm³/mol. The number of aromatic carboxylic acids is 1. The van der Waals surface area contributed by atoms with E-state index in [1.165, 1.54) is 12.1 Å². The molecule has 2 aromatic carbocycles. The second-order valence-corrected chi connectivity index (χ2v) is 4.79. The first-order chi connectivity index (χ1) is 10.6. The van der Waals surface area contributed by atoms with Crippen molar-refractivity contribution in [2.45, 2.75) is 0 Å². The Morgan fingerprint density at radius 3 is 2.73 bits per heavy atom. The van der Waals surface area contributed by atoms with Gasteiger partial charge >= 0.3 is 5.97 Å². The number of fused-ring (bicyclic) bond motifs is 1. The highest BCUT2D eigenvalue weighted by atomic mass is 16.5. The molecule has 0 radical (unpaired) electrons. The second-order valence-electron chi connectivity index (χ2n) is 4.79. The minimum Gasteiger partial charge on any atom is -0.485 e. The standard InChI is InChI=1S/C17H13NO4/c19-16(14-9-18-15-7-2-1-6-13(14)15)10-22-12-5-3-4-11(8-12)17(20)21/h1-9,18H,10H2,(H,20,21). The lowest BCUT2D eigenvalue weighted by Crippen LogP contribution is -2.11. The average molecular weight is 295 g/mol. The van der Waals surface area contributed by atoms with Gasteiger partial charge in [0, 0.05) is 22.7 Å². The Kier molecular flexibility index (Phi) is 3.62. The van der Waals surface area contributed by atoms with Gasteiger partial charge in [-0.05, 0) is 24.3 Å². The van der Waals surface area contributed by atoms with Crippen molar-refractivity contribution < 1.29 is 19.4 Å². The molecule has 22 heavy (non-hydrogen) atoms. The van der Waals surface area contributed by atoms with E-state index in [2.05, 4.69) is 4.98 Å². The van der Waals surface area contributed by atoms with Crippen LogP contribution in [0.25, 0.3) is 10.9 Å². The van der Waals surface area contributed by atoms with E-state index in [1.54, 1.807) is 18.3 Å². The average Bonchev–Trinajstić information content (AvgIpc) is 2.97. The Morgan fingerprint density at radius 1 is 1.09 bits per heavy atom. The van der Waals surface area contributed by atoms with Crippen molar-refractivity contribution in [2.24, 2.45) is 0 Å². The maximum absolute atomic E-state index is 12.3. The molecular weight excluding hydrogens is 282 g/mol. The number of aromatic amines is 1. The molecule has 1 heterocycles. The predicted octanol–water partition coefficient (Wildman–Crippen LogP) is 3.13. The third kappa shape index (κ3) is 2.69. The van der Waals surface area contributed by atoms with Gasteiger partial charge in [-0.15, -0.1) is 0 Å². The fourth-order valence-corrected chi connectivity index (χ4v) is 2.25. The largest absolute Gasteiger partial charge is 0.485 e. The molecule has 0 aliphatic heterocycles. The molecule has 0 fully saturated rings. The normalized spacial score (nSPS) is 10.5. The quantitative estimate of drug-likeness (QED) is 0.709. The van der Waals surface area contributed by atoms with E-state index >= 15 is 0 Å². The number of para-hydroxylation sites is 1. The summed E-state index contributed by atoms with van der Waals surface area (Å²) < 4.78 is 5.40. The van der Waals surface area contributed by atoms with Crippen LogP contribution in [0.15, 0.2) is 54.7 Å². The number of ketones is 1. The van der Waals surface area contributed by atoms with E-state index in [-0.39, 0.29) is 18.0 Å². The van der Waals surface area contributed by atoms with Crippen LogP contribution in [0.4, 0.5) is 0 Å². The summed E-state index contributed by atoms with van der Waals surface area (Å²) in [5.74, 6) is -0.848. The molecule has 5 heteroatoms. The molecular formula is C17H13NO4. The summed E-state index contributed by atoms with van der Waals surface area (Å²) in [5, 5.41) is 9.77. The zero-order valence-electron chi connectivity index (χ0n) is 11.6. The minimum absolute atomic E-state index is 0.122. The zero-order valence-corrected chi connectivity index (χ0v) is 11.6. The molecule has 0 amide bonds. The number of carbonyl (C=O) groups is 2. The molecule has 0 saturated heterocycles. The Morgan fingerprint density at radius 2 is 1.91 bits per heavy atom. The second kappa shape index (κ2) is 5.73. The first-order valence-corrected chi connectivity index (χ1v) is 6.70. The molecule has 0 aliphatic rings. The van der Waals surface area contributed by atoms with Gasteiger partial charge in [0.25, 0.3) is 0 Å². The van der Waals surface area contributed by atoms with Crippen molar-refractivity contribution in [3.63, 3.8) is 0 Å². The summed E-state index contributed by atoms with van der Waals surface area (Å²) in [5.41, 5.74) is 1.57. The lowest BCUT2D eigenvalue weighted by molar-refractivity contribution is 0.0696. The number of hydrogen-bond donors (Lipinski definition) is 2. The molecule has 3 aromatic rings. The summed E-state index contributed by atoms with van der Waals surface area (Å²) in [6, 6.07) is 13.6. The number of hydrogen-bond acceptors (Lipinski definition) is 3. The zero-order chi connectivity index (χ0) is 15.5. The van der Waals surface area contributed by atoms with Crippen LogP contribution in [0.1, 0.15) is 20.7 Å². The van der Waals surface area contributed by atoms with Crippen LogP contribution in [0.2, 0.25) is 0 Å². The van der Waals surface area contributed by atoms with Gasteiger partial charge in [-0.2, -0.15) is 0 Å². The number of carbonyl (C=O) groups excluding carboxylic acids is 1. The van der Waals surface area contributed by atoms with Crippen LogP contribution in [0, 0.1) is 0 Å². The number of benzene rings is 2. The Bertz CT molecular complexity index is 850. The highest BCUT2D eigenvalue weighted by molar-refractivity contribution is 6.08. The number of carboxylic acids is 1. The van der Waals surface area contributed by atoms with Gasteiger partial charge in [0.05, 0.1) is 5.56 Å². The summed E-state index contributed by atoms with van der Waals surface area (Å²) in [6.45, 7) is -0.148. The lowest BCUT2D eigenvalue weighted by Gasteiger charge is -2.05. The maximum Gasteiger partial charge on any atom is 0.335 e. The maximum atomic E-state index is 12.3. The van der Waals surface area contributed by atoms with Gasteiger partial charge in [0.2, 0.25) is 5.78 Å².